The lowest BCUT2D eigenvalue weighted by molar-refractivity contribution is -0.130. The maximum atomic E-state index is 12.5. The Morgan fingerprint density at radius 2 is 1.81 bits per heavy atom. The van der Waals surface area contributed by atoms with Gasteiger partial charge in [0.1, 0.15) is 5.75 Å². The van der Waals surface area contributed by atoms with E-state index in [1.54, 1.807) is 11.8 Å². The topological polar surface area (TPSA) is 49.8 Å². The number of aliphatic hydroxyl groups is 1. The van der Waals surface area contributed by atoms with Crippen molar-refractivity contribution in [2.45, 2.75) is 30.8 Å². The Labute approximate surface area is 165 Å². The number of carbonyl (C=O) groups excluding carboxylic acids is 1. The van der Waals surface area contributed by atoms with Crippen molar-refractivity contribution in [2.75, 3.05) is 25.4 Å². The second kappa shape index (κ2) is 9.81. The lowest BCUT2D eigenvalue weighted by Gasteiger charge is -2.34. The highest BCUT2D eigenvalue weighted by atomic mass is 32.2. The number of hydrogen-bond acceptors (Lipinski definition) is 4. The third kappa shape index (κ3) is 5.50. The molecule has 144 valence electrons. The molecule has 3 rings (SSSR count). The molecule has 2 aromatic rings. The summed E-state index contributed by atoms with van der Waals surface area (Å²) in [6, 6.07) is 17.7. The number of hydrogen-bond donors (Lipinski definition) is 1. The molecule has 0 aromatic heterocycles. The highest BCUT2D eigenvalue weighted by Crippen LogP contribution is 2.31. The van der Waals surface area contributed by atoms with Crippen LogP contribution in [0.4, 0.5) is 0 Å². The summed E-state index contributed by atoms with van der Waals surface area (Å²) in [5.41, 5.74) is 0.966. The average Bonchev–Trinajstić information content (AvgIpc) is 2.73. The maximum Gasteiger partial charge on any atom is 0.232 e. The molecule has 4 nitrogen and oxygen atoms in total. The van der Waals surface area contributed by atoms with Crippen LogP contribution in [-0.4, -0.2) is 41.4 Å². The Bertz CT molecular complexity index is 712. The Kier molecular flexibility index (Phi) is 7.18. The van der Waals surface area contributed by atoms with Crippen LogP contribution in [0.2, 0.25) is 0 Å². The van der Waals surface area contributed by atoms with Crippen LogP contribution in [0.1, 0.15) is 31.4 Å². The largest absolute Gasteiger partial charge is 0.494 e. The number of benzene rings is 2. The van der Waals surface area contributed by atoms with E-state index in [2.05, 4.69) is 0 Å². The summed E-state index contributed by atoms with van der Waals surface area (Å²) in [4.78, 5) is 15.5. The molecular formula is C22H27NO3S. The van der Waals surface area contributed by atoms with Gasteiger partial charge in [-0.05, 0) is 55.5 Å². The number of rotatable bonds is 7. The van der Waals surface area contributed by atoms with Crippen LogP contribution in [0, 0.1) is 5.92 Å². The lowest BCUT2D eigenvalue weighted by atomic mass is 9.87. The molecule has 0 aliphatic carbocycles. The number of carbonyl (C=O) groups is 1. The van der Waals surface area contributed by atoms with E-state index in [-0.39, 0.29) is 11.8 Å². The first-order valence-electron chi connectivity index (χ1n) is 9.54. The van der Waals surface area contributed by atoms with Crippen molar-refractivity contribution < 1.29 is 14.6 Å². The monoisotopic (exact) mass is 385 g/mol. The fraction of sp³-hybridized carbons (Fsp3) is 0.409. The smallest absolute Gasteiger partial charge is 0.232 e. The van der Waals surface area contributed by atoms with Crippen LogP contribution >= 0.6 is 11.8 Å². The average molecular weight is 386 g/mol. The van der Waals surface area contributed by atoms with Crippen molar-refractivity contribution in [2.24, 2.45) is 5.92 Å². The zero-order valence-corrected chi connectivity index (χ0v) is 16.5. The second-order valence-electron chi connectivity index (χ2n) is 6.77. The van der Waals surface area contributed by atoms with E-state index in [0.29, 0.717) is 12.4 Å². The Morgan fingerprint density at radius 1 is 1.15 bits per heavy atom. The summed E-state index contributed by atoms with van der Waals surface area (Å²) < 4.78 is 5.44. The summed E-state index contributed by atoms with van der Waals surface area (Å²) in [5.74, 6) is 1.68. The molecule has 0 radical (unpaired) electrons. The van der Waals surface area contributed by atoms with E-state index in [9.17, 15) is 9.90 Å². The molecular weight excluding hydrogens is 358 g/mol. The Hall–Kier alpha value is -1.98. The van der Waals surface area contributed by atoms with Crippen LogP contribution in [0.3, 0.4) is 0 Å². The number of nitrogens with zero attached hydrogens (tertiary/aromatic N) is 1. The molecule has 0 spiro atoms. The van der Waals surface area contributed by atoms with Crippen molar-refractivity contribution in [1.29, 1.82) is 0 Å². The SMILES string of the molecule is CCOc1ccc(SCC(=O)N2CCC(C(O)c3ccccc3)CC2)cc1. The molecule has 1 fully saturated rings. The molecule has 0 bridgehead atoms. The molecule has 1 atom stereocenters. The van der Waals surface area contributed by atoms with Crippen molar-refractivity contribution in [1.82, 2.24) is 4.90 Å². The van der Waals surface area contributed by atoms with Crippen LogP contribution in [0.15, 0.2) is 59.5 Å². The second-order valence-corrected chi connectivity index (χ2v) is 7.82. The minimum Gasteiger partial charge on any atom is -0.494 e. The summed E-state index contributed by atoms with van der Waals surface area (Å²) in [6.45, 7) is 4.05. The first-order valence-corrected chi connectivity index (χ1v) is 10.5. The minimum atomic E-state index is -0.443. The highest BCUT2D eigenvalue weighted by molar-refractivity contribution is 8.00. The van der Waals surface area contributed by atoms with E-state index in [1.807, 2.05) is 66.4 Å². The zero-order chi connectivity index (χ0) is 19.1. The Balaban J connectivity index is 1.44. The van der Waals surface area contributed by atoms with E-state index in [1.165, 1.54) is 0 Å². The van der Waals surface area contributed by atoms with E-state index < -0.39 is 6.10 Å². The van der Waals surface area contributed by atoms with Crippen molar-refractivity contribution >= 4 is 17.7 Å². The third-order valence-corrected chi connectivity index (χ3v) is 5.97. The van der Waals surface area contributed by atoms with Gasteiger partial charge in [-0.25, -0.2) is 0 Å². The third-order valence-electron chi connectivity index (χ3n) is 4.98. The molecule has 1 N–H and O–H groups in total. The Morgan fingerprint density at radius 3 is 2.44 bits per heavy atom. The summed E-state index contributed by atoms with van der Waals surface area (Å²) in [7, 11) is 0. The van der Waals surface area contributed by atoms with E-state index in [0.717, 1.165) is 42.1 Å². The first-order chi connectivity index (χ1) is 13.2. The van der Waals surface area contributed by atoms with Gasteiger partial charge in [0, 0.05) is 18.0 Å². The highest BCUT2D eigenvalue weighted by Gasteiger charge is 2.28. The van der Waals surface area contributed by atoms with Gasteiger partial charge >= 0.3 is 0 Å². The standard InChI is InChI=1S/C22H27NO3S/c1-2-26-19-8-10-20(11-9-19)27-16-21(24)23-14-12-18(13-15-23)22(25)17-6-4-3-5-7-17/h3-11,18,22,25H,2,12-16H2,1H3. The first kappa shape index (κ1) is 19.8. The number of thioether (sulfide) groups is 1. The van der Waals surface area contributed by atoms with Crippen molar-refractivity contribution in [3.05, 3.63) is 60.2 Å². The maximum absolute atomic E-state index is 12.5. The molecule has 1 heterocycles. The molecule has 2 aromatic carbocycles. The minimum absolute atomic E-state index is 0.168. The van der Waals surface area contributed by atoms with Crippen LogP contribution in [-0.2, 0) is 4.79 Å². The molecule has 1 unspecified atom stereocenters. The van der Waals surface area contributed by atoms with Gasteiger partial charge in [-0.15, -0.1) is 11.8 Å². The quantitative estimate of drug-likeness (QED) is 0.728. The number of ether oxygens (including phenoxy) is 1. The van der Waals surface area contributed by atoms with Crippen molar-refractivity contribution in [3.8, 4) is 5.75 Å². The number of likely N-dealkylation sites (tertiary alicyclic amines) is 1. The number of piperidine rings is 1. The lowest BCUT2D eigenvalue weighted by Crippen LogP contribution is -2.40. The van der Waals surface area contributed by atoms with Gasteiger partial charge in [-0.2, -0.15) is 0 Å². The number of aliphatic hydroxyl groups excluding tert-OH is 1. The van der Waals surface area contributed by atoms with Crippen LogP contribution < -0.4 is 4.74 Å². The van der Waals surface area contributed by atoms with E-state index >= 15 is 0 Å². The van der Waals surface area contributed by atoms with Crippen molar-refractivity contribution in [3.63, 3.8) is 0 Å². The summed E-state index contributed by atoms with van der Waals surface area (Å²) in [6.07, 6.45) is 1.24. The van der Waals surface area contributed by atoms with Crippen LogP contribution in [0.25, 0.3) is 0 Å². The van der Waals surface area contributed by atoms with E-state index in [4.69, 9.17) is 4.74 Å². The normalized spacial score (nSPS) is 16.1. The summed E-state index contributed by atoms with van der Waals surface area (Å²) in [5, 5.41) is 10.6. The fourth-order valence-electron chi connectivity index (χ4n) is 3.42. The zero-order valence-electron chi connectivity index (χ0n) is 15.7. The van der Waals surface area contributed by atoms with Gasteiger partial charge in [0.05, 0.1) is 18.5 Å². The van der Waals surface area contributed by atoms with Gasteiger partial charge in [0.25, 0.3) is 0 Å². The molecule has 27 heavy (non-hydrogen) atoms. The van der Waals surface area contributed by atoms with Gasteiger partial charge in [0.2, 0.25) is 5.91 Å². The molecule has 5 heteroatoms. The molecule has 1 amide bonds. The van der Waals surface area contributed by atoms with Crippen LogP contribution in [0.5, 0.6) is 5.75 Å². The molecule has 1 saturated heterocycles. The van der Waals surface area contributed by atoms with Gasteiger partial charge < -0.3 is 14.7 Å². The predicted molar refractivity (Wildman–Crippen MR) is 109 cm³/mol. The molecule has 1 aliphatic rings. The number of amides is 1. The predicted octanol–water partition coefficient (Wildman–Crippen LogP) is 4.15. The fourth-order valence-corrected chi connectivity index (χ4v) is 4.22. The van der Waals surface area contributed by atoms with Gasteiger partial charge in [-0.1, -0.05) is 30.3 Å². The molecule has 1 aliphatic heterocycles. The van der Waals surface area contributed by atoms with Gasteiger partial charge in [-0.3, -0.25) is 4.79 Å². The molecule has 0 saturated carbocycles. The van der Waals surface area contributed by atoms with Gasteiger partial charge in [0.15, 0.2) is 0 Å². The summed E-state index contributed by atoms with van der Waals surface area (Å²) >= 11 is 1.56.